The number of benzene rings is 1. The maximum Gasteiger partial charge on any atom is 0.270 e. The normalized spacial score (nSPS) is 11.5. The monoisotopic (exact) mass is 326 g/mol. The third kappa shape index (κ3) is 3.47. The number of ether oxygens (including phenoxy) is 1. The van der Waals surface area contributed by atoms with Crippen LogP contribution in [-0.2, 0) is 21.3 Å². The molecule has 0 bridgehead atoms. The summed E-state index contributed by atoms with van der Waals surface area (Å²) in [5, 5.41) is 20.0. The van der Waals surface area contributed by atoms with Gasteiger partial charge in [0, 0.05) is 36.6 Å². The van der Waals surface area contributed by atoms with E-state index in [0.717, 1.165) is 6.07 Å². The Bertz CT molecular complexity index is 800. The number of primary sulfonamides is 1. The summed E-state index contributed by atoms with van der Waals surface area (Å²) in [6, 6.07) is 3.50. The van der Waals surface area contributed by atoms with E-state index in [4.69, 9.17) is 9.88 Å². The number of nitro groups is 1. The Morgan fingerprint density at radius 3 is 2.77 bits per heavy atom. The molecule has 0 radical (unpaired) electrons. The molecule has 2 rings (SSSR count). The van der Waals surface area contributed by atoms with Crippen molar-refractivity contribution >= 4 is 15.7 Å². The molecule has 2 aromatic rings. The van der Waals surface area contributed by atoms with Crippen molar-refractivity contribution in [3.8, 4) is 11.1 Å². The third-order valence-corrected chi connectivity index (χ3v) is 3.90. The molecule has 1 aromatic heterocycles. The van der Waals surface area contributed by atoms with Crippen LogP contribution >= 0.6 is 0 Å². The Labute approximate surface area is 126 Å². The number of sulfonamides is 1. The molecule has 0 aliphatic carbocycles. The van der Waals surface area contributed by atoms with Crippen molar-refractivity contribution in [3.63, 3.8) is 0 Å². The van der Waals surface area contributed by atoms with Crippen LogP contribution in [0.5, 0.6) is 0 Å². The Hall–Kier alpha value is -2.30. The van der Waals surface area contributed by atoms with Gasteiger partial charge in [0.2, 0.25) is 10.0 Å². The second-order valence-electron chi connectivity index (χ2n) is 4.47. The van der Waals surface area contributed by atoms with Gasteiger partial charge in [0.1, 0.15) is 0 Å². The number of rotatable bonds is 6. The predicted molar refractivity (Wildman–Crippen MR) is 77.6 cm³/mol. The lowest BCUT2D eigenvalue weighted by Crippen LogP contribution is -2.13. The van der Waals surface area contributed by atoms with Gasteiger partial charge in [0.25, 0.3) is 5.69 Å². The topological polar surface area (TPSA) is 130 Å². The molecule has 0 unspecified atom stereocenters. The van der Waals surface area contributed by atoms with E-state index in [0.29, 0.717) is 18.7 Å². The van der Waals surface area contributed by atoms with Crippen LogP contribution < -0.4 is 5.14 Å². The van der Waals surface area contributed by atoms with Gasteiger partial charge in [0.15, 0.2) is 0 Å². The maximum absolute atomic E-state index is 11.7. The number of non-ortho nitro benzene ring substituents is 1. The first kappa shape index (κ1) is 16.1. The van der Waals surface area contributed by atoms with Crippen LogP contribution in [0.4, 0.5) is 5.69 Å². The van der Waals surface area contributed by atoms with Crippen molar-refractivity contribution in [3.05, 3.63) is 40.7 Å². The highest BCUT2D eigenvalue weighted by atomic mass is 32.2. The van der Waals surface area contributed by atoms with Gasteiger partial charge >= 0.3 is 0 Å². The lowest BCUT2D eigenvalue weighted by molar-refractivity contribution is -0.385. The fourth-order valence-electron chi connectivity index (χ4n) is 1.91. The highest BCUT2D eigenvalue weighted by molar-refractivity contribution is 7.89. The fraction of sp³-hybridized carbons (Fsp3) is 0.250. The molecule has 9 nitrogen and oxygen atoms in total. The molecule has 1 heterocycles. The summed E-state index contributed by atoms with van der Waals surface area (Å²) in [5.41, 5.74) is 0.409. The first-order valence-corrected chi connectivity index (χ1v) is 7.70. The van der Waals surface area contributed by atoms with E-state index in [-0.39, 0.29) is 16.1 Å². The summed E-state index contributed by atoms with van der Waals surface area (Å²) in [6.45, 7) is 0.942. The number of hydrogen-bond acceptors (Lipinski definition) is 6. The average Bonchev–Trinajstić information content (AvgIpc) is 2.92. The summed E-state index contributed by atoms with van der Waals surface area (Å²) in [7, 11) is -2.56. The van der Waals surface area contributed by atoms with E-state index in [9.17, 15) is 18.5 Å². The molecule has 0 aliphatic heterocycles. The van der Waals surface area contributed by atoms with Crippen molar-refractivity contribution in [2.75, 3.05) is 13.7 Å². The molecule has 0 saturated heterocycles. The van der Waals surface area contributed by atoms with Gasteiger partial charge < -0.3 is 4.74 Å². The Kier molecular flexibility index (Phi) is 4.54. The van der Waals surface area contributed by atoms with Crippen molar-refractivity contribution in [1.82, 2.24) is 9.78 Å². The van der Waals surface area contributed by atoms with Crippen LogP contribution in [0.3, 0.4) is 0 Å². The quantitative estimate of drug-likeness (QED) is 0.615. The van der Waals surface area contributed by atoms with E-state index in [1.807, 2.05) is 0 Å². The summed E-state index contributed by atoms with van der Waals surface area (Å²) >= 11 is 0. The molecule has 0 amide bonds. The summed E-state index contributed by atoms with van der Waals surface area (Å²) in [6.07, 6.45) is 3.08. The van der Waals surface area contributed by atoms with E-state index in [1.54, 1.807) is 18.0 Å². The lowest BCUT2D eigenvalue weighted by atomic mass is 10.1. The zero-order valence-electron chi connectivity index (χ0n) is 11.7. The van der Waals surface area contributed by atoms with Gasteiger partial charge in [-0.3, -0.25) is 14.8 Å². The van der Waals surface area contributed by atoms with Crippen LogP contribution in [0.2, 0.25) is 0 Å². The van der Waals surface area contributed by atoms with Crippen molar-refractivity contribution < 1.29 is 18.1 Å². The largest absolute Gasteiger partial charge is 0.383 e. The fourth-order valence-corrected chi connectivity index (χ4v) is 2.69. The molecule has 0 spiro atoms. The molecule has 1 aromatic carbocycles. The van der Waals surface area contributed by atoms with Gasteiger partial charge in [-0.2, -0.15) is 5.10 Å². The number of methoxy groups -OCH3 is 1. The number of hydrogen-bond donors (Lipinski definition) is 1. The second kappa shape index (κ2) is 6.22. The summed E-state index contributed by atoms with van der Waals surface area (Å²) in [4.78, 5) is 9.80. The molecule has 2 N–H and O–H groups in total. The first-order valence-electron chi connectivity index (χ1n) is 6.16. The molecular formula is C12H14N4O5S. The maximum atomic E-state index is 11.7. The Morgan fingerprint density at radius 1 is 1.45 bits per heavy atom. The molecule has 0 fully saturated rings. The van der Waals surface area contributed by atoms with Crippen LogP contribution in [0, 0.1) is 10.1 Å². The van der Waals surface area contributed by atoms with Gasteiger partial charge in [-0.05, 0) is 6.07 Å². The molecule has 0 atom stereocenters. The number of nitrogens with two attached hydrogens (primary N) is 1. The van der Waals surface area contributed by atoms with E-state index < -0.39 is 14.9 Å². The van der Waals surface area contributed by atoms with E-state index in [1.165, 1.54) is 18.3 Å². The average molecular weight is 326 g/mol. The lowest BCUT2D eigenvalue weighted by Gasteiger charge is -2.05. The molecule has 118 valence electrons. The van der Waals surface area contributed by atoms with E-state index in [2.05, 4.69) is 5.10 Å². The van der Waals surface area contributed by atoms with Crippen molar-refractivity contribution in [2.45, 2.75) is 11.4 Å². The summed E-state index contributed by atoms with van der Waals surface area (Å²) < 4.78 is 29.9. The van der Waals surface area contributed by atoms with Crippen LogP contribution in [-0.4, -0.2) is 36.8 Å². The predicted octanol–water partition coefficient (Wildman–Crippen LogP) is 0.752. The van der Waals surface area contributed by atoms with Crippen LogP contribution in [0.15, 0.2) is 35.5 Å². The smallest absolute Gasteiger partial charge is 0.270 e. The zero-order valence-corrected chi connectivity index (χ0v) is 12.5. The minimum absolute atomic E-state index is 0.261. The molecule has 10 heteroatoms. The summed E-state index contributed by atoms with van der Waals surface area (Å²) in [5.74, 6) is 0. The van der Waals surface area contributed by atoms with Crippen molar-refractivity contribution in [2.24, 2.45) is 5.14 Å². The Balaban J connectivity index is 2.50. The van der Waals surface area contributed by atoms with Gasteiger partial charge in [-0.15, -0.1) is 0 Å². The molecule has 0 aliphatic rings. The second-order valence-corrected chi connectivity index (χ2v) is 6.00. The molecule has 22 heavy (non-hydrogen) atoms. The minimum Gasteiger partial charge on any atom is -0.383 e. The van der Waals surface area contributed by atoms with Crippen LogP contribution in [0.1, 0.15) is 0 Å². The SMILES string of the molecule is COCCn1cc(-c2ccc([N+](=O)[O-])cc2S(N)(=O)=O)cn1. The third-order valence-electron chi connectivity index (χ3n) is 2.95. The van der Waals surface area contributed by atoms with Gasteiger partial charge in [0.05, 0.1) is 29.2 Å². The number of nitrogens with zero attached hydrogens (tertiary/aromatic N) is 3. The van der Waals surface area contributed by atoms with Gasteiger partial charge in [-0.25, -0.2) is 13.6 Å². The van der Waals surface area contributed by atoms with Crippen LogP contribution in [0.25, 0.3) is 11.1 Å². The first-order chi connectivity index (χ1) is 10.3. The standard InChI is InChI=1S/C12H14N4O5S/c1-21-5-4-15-8-9(7-14-15)11-3-2-10(16(17)18)6-12(11)22(13,19)20/h2-3,6-8H,4-5H2,1H3,(H2,13,19,20). The Morgan fingerprint density at radius 2 is 2.18 bits per heavy atom. The van der Waals surface area contributed by atoms with Crippen molar-refractivity contribution in [1.29, 1.82) is 0 Å². The minimum atomic E-state index is -4.11. The number of aromatic nitrogens is 2. The number of nitro benzene ring substituents is 1. The molecule has 0 saturated carbocycles. The highest BCUT2D eigenvalue weighted by Crippen LogP contribution is 2.29. The van der Waals surface area contributed by atoms with E-state index >= 15 is 0 Å². The molecular weight excluding hydrogens is 312 g/mol. The van der Waals surface area contributed by atoms with Gasteiger partial charge in [-0.1, -0.05) is 0 Å². The highest BCUT2D eigenvalue weighted by Gasteiger charge is 2.20. The zero-order chi connectivity index (χ0) is 16.3.